The molecule has 0 aliphatic rings. The van der Waals surface area contributed by atoms with Gasteiger partial charge in [0.2, 0.25) is 0 Å². The van der Waals surface area contributed by atoms with E-state index in [1.54, 1.807) is 55.6 Å². The maximum atomic E-state index is 11.7. The molecular formula is C22H19ClO4. The van der Waals surface area contributed by atoms with Gasteiger partial charge in [0.05, 0.1) is 13.0 Å². The fourth-order valence-electron chi connectivity index (χ4n) is 2.75. The maximum Gasteiger partial charge on any atom is 0.311 e. The fraction of sp³-hybridized carbons (Fsp3) is 0.136. The lowest BCUT2D eigenvalue weighted by atomic mass is 9.92. The smallest absolute Gasteiger partial charge is 0.311 e. The first-order valence-electron chi connectivity index (χ1n) is 8.44. The van der Waals surface area contributed by atoms with Crippen LogP contribution in [0.4, 0.5) is 0 Å². The molecule has 0 fully saturated rings. The van der Waals surface area contributed by atoms with Crippen LogP contribution in [-0.2, 0) is 11.2 Å². The normalized spacial score (nSPS) is 11.6. The molecule has 1 unspecified atom stereocenters. The van der Waals surface area contributed by atoms with E-state index < -0.39 is 11.9 Å². The Labute approximate surface area is 162 Å². The lowest BCUT2D eigenvalue weighted by Gasteiger charge is -2.14. The summed E-state index contributed by atoms with van der Waals surface area (Å²) in [5, 5.41) is 10.3. The molecule has 0 spiro atoms. The van der Waals surface area contributed by atoms with Gasteiger partial charge < -0.3 is 14.6 Å². The quantitative estimate of drug-likeness (QED) is 0.581. The molecule has 0 aliphatic heterocycles. The van der Waals surface area contributed by atoms with E-state index in [1.165, 1.54) is 0 Å². The number of benzene rings is 3. The molecule has 0 bridgehead atoms. The second-order valence-electron chi connectivity index (χ2n) is 6.07. The van der Waals surface area contributed by atoms with Crippen LogP contribution in [0.5, 0.6) is 17.2 Å². The highest BCUT2D eigenvalue weighted by atomic mass is 35.5. The summed E-state index contributed by atoms with van der Waals surface area (Å²) < 4.78 is 10.9. The Bertz CT molecular complexity index is 887. The Balaban J connectivity index is 1.71. The van der Waals surface area contributed by atoms with Crippen molar-refractivity contribution in [3.8, 4) is 17.2 Å². The molecule has 0 saturated carbocycles. The third-order valence-corrected chi connectivity index (χ3v) is 4.48. The predicted molar refractivity (Wildman–Crippen MR) is 105 cm³/mol. The van der Waals surface area contributed by atoms with E-state index in [0.717, 1.165) is 11.1 Å². The van der Waals surface area contributed by atoms with Gasteiger partial charge in [-0.2, -0.15) is 0 Å². The van der Waals surface area contributed by atoms with Crippen molar-refractivity contribution in [2.24, 2.45) is 0 Å². The third-order valence-electron chi connectivity index (χ3n) is 4.23. The van der Waals surface area contributed by atoms with Crippen molar-refractivity contribution in [3.63, 3.8) is 0 Å². The van der Waals surface area contributed by atoms with Gasteiger partial charge in [0.15, 0.2) is 0 Å². The molecule has 0 radical (unpaired) electrons. The Morgan fingerprint density at radius 1 is 0.889 bits per heavy atom. The van der Waals surface area contributed by atoms with Crippen LogP contribution in [0.3, 0.4) is 0 Å². The van der Waals surface area contributed by atoms with Gasteiger partial charge in [0.1, 0.15) is 17.2 Å². The minimum atomic E-state index is -0.860. The number of carboxylic acid groups (broad SMARTS) is 1. The number of halogens is 1. The number of methoxy groups -OCH3 is 1. The largest absolute Gasteiger partial charge is 0.497 e. The Morgan fingerprint density at radius 3 is 1.93 bits per heavy atom. The molecule has 0 aliphatic carbocycles. The van der Waals surface area contributed by atoms with Gasteiger partial charge in [-0.25, -0.2) is 0 Å². The highest BCUT2D eigenvalue weighted by molar-refractivity contribution is 6.30. The topological polar surface area (TPSA) is 55.8 Å². The number of aliphatic carboxylic acids is 1. The number of rotatable bonds is 7. The minimum absolute atomic E-state index is 0.392. The van der Waals surface area contributed by atoms with Gasteiger partial charge in [0.25, 0.3) is 0 Å². The average molecular weight is 383 g/mol. The van der Waals surface area contributed by atoms with Crippen LogP contribution in [-0.4, -0.2) is 18.2 Å². The molecule has 3 aromatic carbocycles. The summed E-state index contributed by atoms with van der Waals surface area (Å²) in [6.45, 7) is 0. The molecule has 0 heterocycles. The summed E-state index contributed by atoms with van der Waals surface area (Å²) in [6, 6.07) is 21.6. The average Bonchev–Trinajstić information content (AvgIpc) is 2.69. The van der Waals surface area contributed by atoms with Crippen LogP contribution < -0.4 is 9.47 Å². The van der Waals surface area contributed by atoms with Crippen LogP contribution >= 0.6 is 11.6 Å². The monoisotopic (exact) mass is 382 g/mol. The van der Waals surface area contributed by atoms with Crippen molar-refractivity contribution in [2.45, 2.75) is 12.3 Å². The summed E-state index contributed by atoms with van der Waals surface area (Å²) in [6.07, 6.45) is 0.392. The van der Waals surface area contributed by atoms with Crippen molar-refractivity contribution in [1.29, 1.82) is 0 Å². The number of ether oxygens (including phenoxy) is 2. The molecule has 0 aromatic heterocycles. The maximum absolute atomic E-state index is 11.7. The SMILES string of the molecule is COc1ccc(C(Cc2ccc(Oc3ccc(Cl)cc3)cc2)C(=O)O)cc1. The van der Waals surface area contributed by atoms with Gasteiger partial charge in [-0.3, -0.25) is 4.79 Å². The van der Waals surface area contributed by atoms with Crippen molar-refractivity contribution >= 4 is 17.6 Å². The summed E-state index contributed by atoms with van der Waals surface area (Å²) in [5.74, 6) is 0.582. The van der Waals surface area contributed by atoms with Crippen molar-refractivity contribution in [1.82, 2.24) is 0 Å². The van der Waals surface area contributed by atoms with E-state index in [4.69, 9.17) is 21.1 Å². The molecule has 27 heavy (non-hydrogen) atoms. The van der Waals surface area contributed by atoms with Gasteiger partial charge in [-0.15, -0.1) is 0 Å². The lowest BCUT2D eigenvalue weighted by molar-refractivity contribution is -0.138. The van der Waals surface area contributed by atoms with Gasteiger partial charge in [-0.1, -0.05) is 35.9 Å². The molecule has 3 aromatic rings. The summed E-state index contributed by atoms with van der Waals surface area (Å²) >= 11 is 5.87. The first kappa shape index (κ1) is 18.8. The van der Waals surface area contributed by atoms with Crippen LogP contribution in [0, 0.1) is 0 Å². The fourth-order valence-corrected chi connectivity index (χ4v) is 2.88. The minimum Gasteiger partial charge on any atom is -0.497 e. The summed E-state index contributed by atoms with van der Waals surface area (Å²) in [5.41, 5.74) is 1.66. The van der Waals surface area contributed by atoms with Crippen LogP contribution in [0.15, 0.2) is 72.8 Å². The number of carboxylic acids is 1. The Kier molecular flexibility index (Phi) is 5.99. The molecule has 1 N–H and O–H groups in total. The van der Waals surface area contributed by atoms with Gasteiger partial charge in [0, 0.05) is 5.02 Å². The van der Waals surface area contributed by atoms with E-state index in [1.807, 2.05) is 24.3 Å². The second-order valence-corrected chi connectivity index (χ2v) is 6.50. The van der Waals surface area contributed by atoms with E-state index in [9.17, 15) is 9.90 Å². The number of hydrogen-bond donors (Lipinski definition) is 1. The van der Waals surface area contributed by atoms with Gasteiger partial charge in [-0.05, 0) is 66.1 Å². The van der Waals surface area contributed by atoms with E-state index in [-0.39, 0.29) is 0 Å². The lowest BCUT2D eigenvalue weighted by Crippen LogP contribution is -2.14. The Morgan fingerprint density at radius 2 is 1.41 bits per heavy atom. The molecule has 4 nitrogen and oxygen atoms in total. The van der Waals surface area contributed by atoms with Crippen molar-refractivity contribution in [3.05, 3.63) is 88.9 Å². The van der Waals surface area contributed by atoms with E-state index in [0.29, 0.717) is 28.7 Å². The second kappa shape index (κ2) is 8.60. The van der Waals surface area contributed by atoms with Crippen LogP contribution in [0.1, 0.15) is 17.0 Å². The molecule has 5 heteroatoms. The number of hydrogen-bond acceptors (Lipinski definition) is 3. The first-order chi connectivity index (χ1) is 13.0. The summed E-state index contributed by atoms with van der Waals surface area (Å²) in [4.78, 5) is 11.7. The highest BCUT2D eigenvalue weighted by Gasteiger charge is 2.20. The standard InChI is InChI=1S/C22H19ClO4/c1-26-18-10-4-16(5-11-18)21(22(24)25)14-15-2-8-19(9-3-15)27-20-12-6-17(23)7-13-20/h2-13,21H,14H2,1H3,(H,24,25). The van der Waals surface area contributed by atoms with Crippen LogP contribution in [0.2, 0.25) is 5.02 Å². The molecule has 0 amide bonds. The summed E-state index contributed by atoms with van der Waals surface area (Å²) in [7, 11) is 1.58. The zero-order chi connectivity index (χ0) is 19.2. The first-order valence-corrected chi connectivity index (χ1v) is 8.82. The third kappa shape index (κ3) is 5.02. The predicted octanol–water partition coefficient (Wildman–Crippen LogP) is 5.55. The molecule has 3 rings (SSSR count). The van der Waals surface area contributed by atoms with Crippen LogP contribution in [0.25, 0.3) is 0 Å². The molecule has 0 saturated heterocycles. The van der Waals surface area contributed by atoms with E-state index >= 15 is 0 Å². The van der Waals surface area contributed by atoms with Gasteiger partial charge >= 0.3 is 5.97 Å². The molecule has 1 atom stereocenters. The molecular weight excluding hydrogens is 364 g/mol. The Hall–Kier alpha value is -2.98. The van der Waals surface area contributed by atoms with Crippen molar-refractivity contribution in [2.75, 3.05) is 7.11 Å². The van der Waals surface area contributed by atoms with Crippen molar-refractivity contribution < 1.29 is 19.4 Å². The number of carbonyl (C=O) groups is 1. The molecule has 138 valence electrons. The van der Waals surface area contributed by atoms with E-state index in [2.05, 4.69) is 0 Å². The highest BCUT2D eigenvalue weighted by Crippen LogP contribution is 2.27. The zero-order valence-corrected chi connectivity index (χ0v) is 15.5. The zero-order valence-electron chi connectivity index (χ0n) is 14.8.